The van der Waals surface area contributed by atoms with Crippen molar-refractivity contribution in [2.75, 3.05) is 12.8 Å². The first-order valence-corrected chi connectivity index (χ1v) is 9.31. The van der Waals surface area contributed by atoms with Crippen molar-refractivity contribution in [1.82, 2.24) is 29.5 Å². The van der Waals surface area contributed by atoms with Crippen LogP contribution >= 0.6 is 11.3 Å². The molecule has 0 unspecified atom stereocenters. The fourth-order valence-electron chi connectivity index (χ4n) is 3.04. The van der Waals surface area contributed by atoms with E-state index in [0.717, 1.165) is 32.2 Å². The highest BCUT2D eigenvalue weighted by atomic mass is 32.1. The van der Waals surface area contributed by atoms with Crippen LogP contribution in [0.3, 0.4) is 0 Å². The summed E-state index contributed by atoms with van der Waals surface area (Å²) >= 11 is 1.61. The van der Waals surface area contributed by atoms with Gasteiger partial charge in [-0.05, 0) is 26.0 Å². The third-order valence-electron chi connectivity index (χ3n) is 4.53. The van der Waals surface area contributed by atoms with Crippen LogP contribution in [0.4, 0.5) is 5.95 Å². The monoisotopic (exact) mass is 381 g/mol. The highest BCUT2D eigenvalue weighted by Crippen LogP contribution is 2.23. The summed E-state index contributed by atoms with van der Waals surface area (Å²) in [5.74, 6) is 0.609. The number of amides is 1. The molecule has 0 saturated carbocycles. The van der Waals surface area contributed by atoms with Crippen molar-refractivity contribution in [2.24, 2.45) is 0 Å². The summed E-state index contributed by atoms with van der Waals surface area (Å²) in [6.45, 7) is 4.24. The Morgan fingerprint density at radius 1 is 1.22 bits per heavy atom. The van der Waals surface area contributed by atoms with Crippen LogP contribution in [0.25, 0.3) is 16.0 Å². The zero-order valence-electron chi connectivity index (χ0n) is 15.3. The number of hydrogen-bond acceptors (Lipinski definition) is 7. The molecule has 1 aromatic carbocycles. The van der Waals surface area contributed by atoms with E-state index in [-0.39, 0.29) is 18.3 Å². The van der Waals surface area contributed by atoms with Gasteiger partial charge in [-0.2, -0.15) is 9.50 Å². The molecular weight excluding hydrogens is 362 g/mol. The van der Waals surface area contributed by atoms with Crippen molar-refractivity contribution in [3.63, 3.8) is 0 Å². The summed E-state index contributed by atoms with van der Waals surface area (Å²) < 4.78 is 2.71. The normalized spacial score (nSPS) is 11.4. The molecule has 0 atom stereocenters. The molecule has 9 heteroatoms. The number of nitrogens with two attached hydrogens (primary N) is 1. The Morgan fingerprint density at radius 2 is 2.00 bits per heavy atom. The van der Waals surface area contributed by atoms with E-state index in [2.05, 4.69) is 20.1 Å². The van der Waals surface area contributed by atoms with Gasteiger partial charge >= 0.3 is 0 Å². The molecule has 27 heavy (non-hydrogen) atoms. The zero-order valence-corrected chi connectivity index (χ0v) is 16.1. The molecule has 0 bridgehead atoms. The Bertz CT molecular complexity index is 1130. The minimum absolute atomic E-state index is 0.00491. The Labute approximate surface area is 159 Å². The number of aromatic nitrogens is 5. The van der Waals surface area contributed by atoms with Crippen LogP contribution in [0, 0.1) is 13.8 Å². The number of benzene rings is 1. The van der Waals surface area contributed by atoms with Gasteiger partial charge in [-0.15, -0.1) is 16.4 Å². The Morgan fingerprint density at radius 3 is 2.78 bits per heavy atom. The van der Waals surface area contributed by atoms with Gasteiger partial charge in [0.25, 0.3) is 5.78 Å². The first kappa shape index (κ1) is 17.3. The number of hydrogen-bond donors (Lipinski definition) is 1. The molecule has 0 aliphatic heterocycles. The molecule has 138 valence electrons. The summed E-state index contributed by atoms with van der Waals surface area (Å²) in [7, 11) is 1.79. The number of carbonyl (C=O) groups excluding carboxylic acids is 1. The maximum absolute atomic E-state index is 12.8. The summed E-state index contributed by atoms with van der Waals surface area (Å²) in [5, 5.41) is 5.06. The minimum atomic E-state index is -0.00491. The highest BCUT2D eigenvalue weighted by molar-refractivity contribution is 7.18. The number of thiazole rings is 1. The molecule has 2 N–H and O–H groups in total. The van der Waals surface area contributed by atoms with E-state index >= 15 is 0 Å². The lowest BCUT2D eigenvalue weighted by Gasteiger charge is -2.17. The van der Waals surface area contributed by atoms with E-state index in [9.17, 15) is 4.79 Å². The van der Waals surface area contributed by atoms with Crippen LogP contribution in [-0.2, 0) is 17.8 Å². The molecule has 0 aliphatic carbocycles. The van der Waals surface area contributed by atoms with Gasteiger partial charge in [-0.3, -0.25) is 4.79 Å². The predicted molar refractivity (Wildman–Crippen MR) is 104 cm³/mol. The van der Waals surface area contributed by atoms with E-state index < -0.39 is 0 Å². The van der Waals surface area contributed by atoms with Crippen LogP contribution < -0.4 is 5.73 Å². The number of carbonyl (C=O) groups is 1. The van der Waals surface area contributed by atoms with Crippen LogP contribution in [0.1, 0.15) is 22.0 Å². The van der Waals surface area contributed by atoms with Crippen molar-refractivity contribution in [2.45, 2.75) is 26.8 Å². The molecule has 4 aromatic rings. The molecule has 0 fully saturated rings. The van der Waals surface area contributed by atoms with E-state index in [0.29, 0.717) is 12.3 Å². The van der Waals surface area contributed by atoms with E-state index in [1.54, 1.807) is 27.8 Å². The standard InChI is InChI=1S/C18H19N7OS/c1-10-12(11(2)25-18(20-10)22-17(19)23-25)8-16(26)24(3)9-15-21-13-6-4-5-7-14(13)27-15/h4-7H,8-9H2,1-3H3,(H2,19,23). The number of anilines is 1. The fraction of sp³-hybridized carbons (Fsp3) is 0.278. The average molecular weight is 381 g/mol. The Balaban J connectivity index is 1.55. The Hall–Kier alpha value is -3.07. The lowest BCUT2D eigenvalue weighted by molar-refractivity contribution is -0.129. The topological polar surface area (TPSA) is 102 Å². The van der Waals surface area contributed by atoms with Crippen molar-refractivity contribution in [3.8, 4) is 0 Å². The van der Waals surface area contributed by atoms with Crippen LogP contribution in [0.15, 0.2) is 24.3 Å². The molecule has 0 spiro atoms. The first-order chi connectivity index (χ1) is 12.9. The molecule has 0 saturated heterocycles. The van der Waals surface area contributed by atoms with Gasteiger partial charge in [-0.1, -0.05) is 12.1 Å². The summed E-state index contributed by atoms with van der Waals surface area (Å²) in [5.41, 5.74) is 9.05. The third-order valence-corrected chi connectivity index (χ3v) is 5.55. The van der Waals surface area contributed by atoms with E-state index in [1.165, 1.54) is 0 Å². The predicted octanol–water partition coefficient (Wildman–Crippen LogP) is 2.13. The quantitative estimate of drug-likeness (QED) is 0.581. The molecule has 3 aromatic heterocycles. The molecule has 1 amide bonds. The van der Waals surface area contributed by atoms with Crippen molar-refractivity contribution >= 4 is 39.2 Å². The molecule has 3 heterocycles. The average Bonchev–Trinajstić information content (AvgIpc) is 3.20. The number of rotatable bonds is 4. The number of nitrogens with zero attached hydrogens (tertiary/aromatic N) is 6. The molecular formula is C18H19N7OS. The number of para-hydroxylation sites is 1. The van der Waals surface area contributed by atoms with E-state index in [1.807, 2.05) is 38.1 Å². The van der Waals surface area contributed by atoms with Gasteiger partial charge in [-0.25, -0.2) is 9.97 Å². The van der Waals surface area contributed by atoms with Gasteiger partial charge in [0.1, 0.15) is 5.01 Å². The second-order valence-electron chi connectivity index (χ2n) is 6.44. The maximum atomic E-state index is 12.8. The first-order valence-electron chi connectivity index (χ1n) is 8.49. The maximum Gasteiger partial charge on any atom is 0.254 e. The molecule has 4 rings (SSSR count). The summed E-state index contributed by atoms with van der Waals surface area (Å²) in [6, 6.07) is 7.97. The van der Waals surface area contributed by atoms with Crippen LogP contribution in [0.2, 0.25) is 0 Å². The highest BCUT2D eigenvalue weighted by Gasteiger charge is 2.18. The van der Waals surface area contributed by atoms with Gasteiger partial charge in [0.2, 0.25) is 11.9 Å². The fourth-order valence-corrected chi connectivity index (χ4v) is 4.07. The smallest absolute Gasteiger partial charge is 0.254 e. The number of likely N-dealkylation sites (N-methyl/N-ethyl adjacent to an activating group) is 1. The van der Waals surface area contributed by atoms with Gasteiger partial charge in [0, 0.05) is 24.0 Å². The van der Waals surface area contributed by atoms with Crippen LogP contribution in [0.5, 0.6) is 0 Å². The van der Waals surface area contributed by atoms with Crippen LogP contribution in [-0.4, -0.2) is 42.4 Å². The number of nitrogen functional groups attached to an aromatic ring is 1. The third kappa shape index (κ3) is 3.21. The molecule has 0 aliphatic rings. The second kappa shape index (κ2) is 6.58. The second-order valence-corrected chi connectivity index (χ2v) is 7.56. The molecule has 0 radical (unpaired) electrons. The molecule has 8 nitrogen and oxygen atoms in total. The zero-order chi connectivity index (χ0) is 19.1. The van der Waals surface area contributed by atoms with Gasteiger partial charge in [0.15, 0.2) is 0 Å². The summed E-state index contributed by atoms with van der Waals surface area (Å²) in [4.78, 5) is 27.6. The van der Waals surface area contributed by atoms with Crippen molar-refractivity contribution in [3.05, 3.63) is 46.2 Å². The van der Waals surface area contributed by atoms with Gasteiger partial charge in [0.05, 0.1) is 23.2 Å². The number of aryl methyl sites for hydroxylation is 2. The SMILES string of the molecule is Cc1nc2nc(N)nn2c(C)c1CC(=O)N(C)Cc1nc2ccccc2s1. The Kier molecular flexibility index (Phi) is 4.23. The van der Waals surface area contributed by atoms with Crippen molar-refractivity contribution < 1.29 is 4.79 Å². The van der Waals surface area contributed by atoms with E-state index in [4.69, 9.17) is 5.73 Å². The summed E-state index contributed by atoms with van der Waals surface area (Å²) in [6.07, 6.45) is 0.238. The lowest BCUT2D eigenvalue weighted by Crippen LogP contribution is -2.28. The largest absolute Gasteiger partial charge is 0.366 e. The van der Waals surface area contributed by atoms with Gasteiger partial charge < -0.3 is 10.6 Å². The lowest BCUT2D eigenvalue weighted by atomic mass is 10.1. The number of fused-ring (bicyclic) bond motifs is 2. The van der Waals surface area contributed by atoms with Crippen molar-refractivity contribution in [1.29, 1.82) is 0 Å². The minimum Gasteiger partial charge on any atom is -0.366 e.